The van der Waals surface area contributed by atoms with E-state index in [1.165, 1.54) is 27.4 Å². The minimum absolute atomic E-state index is 0.846. The van der Waals surface area contributed by atoms with E-state index in [4.69, 9.17) is 4.42 Å². The van der Waals surface area contributed by atoms with Crippen molar-refractivity contribution in [3.05, 3.63) is 170 Å². The van der Waals surface area contributed by atoms with Crippen LogP contribution < -0.4 is 0 Å². The SMILES string of the molecule is c1ccc(-c2ccnc(-c3ccc(-n4c5ccccc5c5cc(-c6cccoc7ccccc7cc6)ccc54)cc3)c2)cc1. The highest BCUT2D eigenvalue weighted by molar-refractivity contribution is 6.10. The van der Waals surface area contributed by atoms with Gasteiger partial charge in [0.15, 0.2) is 0 Å². The van der Waals surface area contributed by atoms with Gasteiger partial charge in [0.2, 0.25) is 0 Å². The smallest absolute Gasteiger partial charge is 0.133 e. The molecule has 0 aliphatic heterocycles. The average molecular weight is 565 g/mol. The van der Waals surface area contributed by atoms with Gasteiger partial charge in [0.1, 0.15) is 5.58 Å². The first kappa shape index (κ1) is 25.8. The van der Waals surface area contributed by atoms with Crippen molar-refractivity contribution in [2.75, 3.05) is 0 Å². The molecular formula is C41H28N2O. The predicted octanol–water partition coefficient (Wildman–Crippen LogP) is 11.1. The highest BCUT2D eigenvalue weighted by Gasteiger charge is 2.13. The number of fused-ring (bicyclic) bond motifs is 4. The van der Waals surface area contributed by atoms with Gasteiger partial charge in [0.05, 0.1) is 23.0 Å². The fraction of sp³-hybridized carbons (Fsp3) is 0. The third-order valence-corrected chi connectivity index (χ3v) is 8.21. The minimum Gasteiger partial charge on any atom is -0.464 e. The minimum atomic E-state index is 0.846. The molecule has 3 nitrogen and oxygen atoms in total. The third-order valence-electron chi connectivity index (χ3n) is 8.21. The second-order valence-electron chi connectivity index (χ2n) is 10.9. The largest absolute Gasteiger partial charge is 0.464 e. The van der Waals surface area contributed by atoms with Crippen LogP contribution in [0.1, 0.15) is 0 Å². The number of pyridine rings is 1. The molecular weight excluding hydrogens is 536 g/mol. The molecule has 3 heteroatoms. The van der Waals surface area contributed by atoms with Crippen molar-refractivity contribution in [3.8, 4) is 39.2 Å². The van der Waals surface area contributed by atoms with Gasteiger partial charge in [0.25, 0.3) is 0 Å². The Labute approximate surface area is 255 Å². The highest BCUT2D eigenvalue weighted by atomic mass is 16.3. The van der Waals surface area contributed by atoms with Gasteiger partial charge in [-0.05, 0) is 76.9 Å². The van der Waals surface area contributed by atoms with Crippen molar-refractivity contribution in [3.63, 3.8) is 0 Å². The van der Waals surface area contributed by atoms with Gasteiger partial charge in [-0.1, -0.05) is 103 Å². The zero-order valence-electron chi connectivity index (χ0n) is 24.0. The molecule has 0 saturated carbocycles. The summed E-state index contributed by atoms with van der Waals surface area (Å²) in [7, 11) is 0. The zero-order valence-corrected chi connectivity index (χ0v) is 24.0. The fourth-order valence-corrected chi connectivity index (χ4v) is 6.02. The lowest BCUT2D eigenvalue weighted by atomic mass is 10.0. The molecule has 0 amide bonds. The number of rotatable bonds is 4. The van der Waals surface area contributed by atoms with Crippen molar-refractivity contribution >= 4 is 32.8 Å². The predicted molar refractivity (Wildman–Crippen MR) is 182 cm³/mol. The van der Waals surface area contributed by atoms with E-state index in [0.29, 0.717) is 0 Å². The van der Waals surface area contributed by atoms with Gasteiger partial charge < -0.3 is 8.98 Å². The topological polar surface area (TPSA) is 31.0 Å². The molecule has 3 aromatic heterocycles. The van der Waals surface area contributed by atoms with Crippen LogP contribution in [0.3, 0.4) is 0 Å². The summed E-state index contributed by atoms with van der Waals surface area (Å²) in [4.78, 5) is 4.68. The van der Waals surface area contributed by atoms with E-state index >= 15 is 0 Å². The van der Waals surface area contributed by atoms with Crippen LogP contribution in [0.2, 0.25) is 0 Å². The maximum absolute atomic E-state index is 5.85. The summed E-state index contributed by atoms with van der Waals surface area (Å²) in [6, 6.07) is 55.2. The molecule has 0 spiro atoms. The molecule has 0 aliphatic rings. The van der Waals surface area contributed by atoms with Crippen LogP contribution in [0.15, 0.2) is 175 Å². The molecule has 3 heterocycles. The highest BCUT2D eigenvalue weighted by Crippen LogP contribution is 2.35. The Morgan fingerprint density at radius 1 is 0.455 bits per heavy atom. The molecule has 5 aromatic carbocycles. The molecule has 208 valence electrons. The van der Waals surface area contributed by atoms with Gasteiger partial charge in [0, 0.05) is 33.6 Å². The molecule has 0 saturated heterocycles. The van der Waals surface area contributed by atoms with Crippen molar-refractivity contribution < 1.29 is 4.42 Å². The third kappa shape index (κ3) is 4.71. The van der Waals surface area contributed by atoms with E-state index in [2.05, 4.69) is 137 Å². The first-order valence-electron chi connectivity index (χ1n) is 14.8. The standard InChI is InChI=1S/C41H28N2O/c1-2-9-29(10-3-1)34-24-25-42-38(28-34)31-18-21-35(22-19-31)43-39-14-6-5-13-36(39)37-27-33(20-23-40(37)43)30-12-8-26-44-41-15-7-4-11-32(41)17-16-30/h1-28H. The number of aromatic nitrogens is 2. The van der Waals surface area contributed by atoms with Gasteiger partial charge in [-0.15, -0.1) is 0 Å². The Hall–Kier alpha value is -5.93. The molecule has 8 rings (SSSR count). The van der Waals surface area contributed by atoms with Crippen LogP contribution in [-0.2, 0) is 0 Å². The molecule has 0 fully saturated rings. The lowest BCUT2D eigenvalue weighted by Gasteiger charge is -2.10. The molecule has 0 bridgehead atoms. The quantitative estimate of drug-likeness (QED) is 0.213. The summed E-state index contributed by atoms with van der Waals surface area (Å²) < 4.78 is 8.20. The molecule has 8 aromatic rings. The van der Waals surface area contributed by atoms with Crippen molar-refractivity contribution in [1.29, 1.82) is 0 Å². The second kappa shape index (κ2) is 11.0. The Morgan fingerprint density at radius 2 is 1.14 bits per heavy atom. The number of nitrogens with zero attached hydrogens (tertiary/aromatic N) is 2. The lowest BCUT2D eigenvalue weighted by Crippen LogP contribution is -1.94. The number of para-hydroxylation sites is 2. The first-order chi connectivity index (χ1) is 21.8. The van der Waals surface area contributed by atoms with Crippen LogP contribution in [0.5, 0.6) is 0 Å². The Kier molecular flexibility index (Phi) is 6.47. The summed E-state index contributed by atoms with van der Waals surface area (Å²) in [5, 5.41) is 3.49. The molecule has 44 heavy (non-hydrogen) atoms. The Morgan fingerprint density at radius 3 is 2.05 bits per heavy atom. The fourth-order valence-electron chi connectivity index (χ4n) is 6.02. The zero-order chi connectivity index (χ0) is 29.3. The van der Waals surface area contributed by atoms with Crippen LogP contribution >= 0.6 is 0 Å². The van der Waals surface area contributed by atoms with Crippen LogP contribution in [0, 0.1) is 0 Å². The summed E-state index contributed by atoms with van der Waals surface area (Å²) in [6.07, 6.45) is 3.63. The molecule has 0 atom stereocenters. The molecule has 0 aliphatic carbocycles. The first-order valence-corrected chi connectivity index (χ1v) is 14.8. The normalized spacial score (nSPS) is 11.2. The molecule has 0 radical (unpaired) electrons. The average Bonchev–Trinajstić information content (AvgIpc) is 3.47. The van der Waals surface area contributed by atoms with Crippen molar-refractivity contribution in [1.82, 2.24) is 9.55 Å². The number of benzene rings is 5. The Bertz CT molecular complexity index is 2330. The van der Waals surface area contributed by atoms with E-state index < -0.39 is 0 Å². The summed E-state index contributed by atoms with van der Waals surface area (Å²) in [5.74, 6) is 0. The summed E-state index contributed by atoms with van der Waals surface area (Å²) in [6.45, 7) is 0. The van der Waals surface area contributed by atoms with E-state index in [9.17, 15) is 0 Å². The van der Waals surface area contributed by atoms with E-state index in [1.54, 1.807) is 6.26 Å². The van der Waals surface area contributed by atoms with E-state index in [0.717, 1.165) is 44.6 Å². The number of hydrogen-bond acceptors (Lipinski definition) is 2. The Balaban J connectivity index is 1.21. The van der Waals surface area contributed by atoms with Gasteiger partial charge in [-0.2, -0.15) is 0 Å². The summed E-state index contributed by atoms with van der Waals surface area (Å²) in [5.41, 5.74) is 11.0. The maximum atomic E-state index is 5.85. The van der Waals surface area contributed by atoms with Gasteiger partial charge in [-0.3, -0.25) is 4.98 Å². The van der Waals surface area contributed by atoms with E-state index in [-0.39, 0.29) is 0 Å². The van der Waals surface area contributed by atoms with Crippen molar-refractivity contribution in [2.24, 2.45) is 0 Å². The van der Waals surface area contributed by atoms with Gasteiger partial charge in [-0.25, -0.2) is 0 Å². The second-order valence-corrected chi connectivity index (χ2v) is 10.9. The van der Waals surface area contributed by atoms with Crippen LogP contribution in [-0.4, -0.2) is 9.55 Å². The van der Waals surface area contributed by atoms with Gasteiger partial charge >= 0.3 is 0 Å². The molecule has 0 N–H and O–H groups in total. The van der Waals surface area contributed by atoms with Crippen molar-refractivity contribution in [2.45, 2.75) is 0 Å². The maximum Gasteiger partial charge on any atom is 0.133 e. The van der Waals surface area contributed by atoms with Crippen LogP contribution in [0.4, 0.5) is 0 Å². The monoisotopic (exact) mass is 564 g/mol. The number of hydrogen-bond donors (Lipinski definition) is 0. The molecule has 0 unspecified atom stereocenters. The van der Waals surface area contributed by atoms with E-state index in [1.807, 2.05) is 36.5 Å². The lowest BCUT2D eigenvalue weighted by molar-refractivity contribution is 0.606. The summed E-state index contributed by atoms with van der Waals surface area (Å²) >= 11 is 0. The van der Waals surface area contributed by atoms with Crippen LogP contribution in [0.25, 0.3) is 72.0 Å².